The van der Waals surface area contributed by atoms with Crippen LogP contribution < -0.4 is 5.32 Å². The Kier molecular flexibility index (Phi) is 5.60. The van der Waals surface area contributed by atoms with Crippen LogP contribution in [0.4, 0.5) is 13.2 Å². The van der Waals surface area contributed by atoms with Crippen LogP contribution in [0.15, 0.2) is 23.1 Å². The first-order valence-corrected chi connectivity index (χ1v) is 8.99. The molecule has 1 saturated heterocycles. The first-order valence-electron chi connectivity index (χ1n) is 7.17. The van der Waals surface area contributed by atoms with Gasteiger partial charge in [-0.15, -0.1) is 0 Å². The summed E-state index contributed by atoms with van der Waals surface area (Å²) in [6.45, 7) is 1.37. The summed E-state index contributed by atoms with van der Waals surface area (Å²) < 4.78 is 64.6. The average molecular weight is 371 g/mol. The summed E-state index contributed by atoms with van der Waals surface area (Å²) in [6.07, 6.45) is -2.94. The number of rotatable bonds is 4. The van der Waals surface area contributed by atoms with Crippen LogP contribution >= 0.6 is 11.6 Å². The maximum absolute atomic E-state index is 12.7. The van der Waals surface area contributed by atoms with Crippen LogP contribution in [-0.2, 0) is 16.2 Å². The maximum Gasteiger partial charge on any atom is 0.416 e. The molecule has 2 rings (SSSR count). The van der Waals surface area contributed by atoms with Crippen molar-refractivity contribution in [2.24, 2.45) is 5.92 Å². The van der Waals surface area contributed by atoms with Gasteiger partial charge in [-0.2, -0.15) is 17.5 Å². The van der Waals surface area contributed by atoms with Crippen LogP contribution in [0.25, 0.3) is 0 Å². The molecule has 1 aliphatic heterocycles. The molecule has 9 heteroatoms. The van der Waals surface area contributed by atoms with Crippen LogP contribution in [0.5, 0.6) is 0 Å². The quantitative estimate of drug-likeness (QED) is 0.886. The minimum atomic E-state index is -4.56. The predicted octanol–water partition coefficient (Wildman–Crippen LogP) is 2.98. The molecule has 1 atom stereocenters. The van der Waals surface area contributed by atoms with E-state index in [-0.39, 0.29) is 10.8 Å². The molecule has 1 fully saturated rings. The summed E-state index contributed by atoms with van der Waals surface area (Å²) in [5.41, 5.74) is -0.965. The summed E-state index contributed by atoms with van der Waals surface area (Å²) in [4.78, 5) is -0.280. The number of nitrogens with one attached hydrogen (secondary N) is 1. The summed E-state index contributed by atoms with van der Waals surface area (Å²) >= 11 is 5.82. The number of halogens is 4. The lowest BCUT2D eigenvalue weighted by atomic mass is 10.00. The average Bonchev–Trinajstić information content (AvgIpc) is 2.46. The van der Waals surface area contributed by atoms with E-state index in [2.05, 4.69) is 5.32 Å². The van der Waals surface area contributed by atoms with Crippen molar-refractivity contribution in [3.05, 3.63) is 28.8 Å². The van der Waals surface area contributed by atoms with Gasteiger partial charge in [0, 0.05) is 13.1 Å². The largest absolute Gasteiger partial charge is 0.416 e. The standard InChI is InChI=1S/C14H18ClF3N2O2S/c1-19-8-10-3-2-6-20(9-10)23(21,22)13-5-4-11(7-12(13)15)14(16,17)18/h4-5,7,10,19H,2-3,6,8-9H2,1H3/t10-/m1/s1. The molecule has 0 aromatic heterocycles. The van der Waals surface area contributed by atoms with Gasteiger partial charge in [0.25, 0.3) is 0 Å². The molecule has 0 saturated carbocycles. The highest BCUT2D eigenvalue weighted by Crippen LogP contribution is 2.35. The molecule has 23 heavy (non-hydrogen) atoms. The Balaban J connectivity index is 2.29. The van der Waals surface area contributed by atoms with Gasteiger partial charge in [0.05, 0.1) is 10.6 Å². The Bertz CT molecular complexity index is 662. The number of sulfonamides is 1. The summed E-state index contributed by atoms with van der Waals surface area (Å²) in [7, 11) is -2.11. The van der Waals surface area contributed by atoms with Gasteiger partial charge in [-0.1, -0.05) is 11.6 Å². The van der Waals surface area contributed by atoms with Crippen LogP contribution in [-0.4, -0.2) is 39.4 Å². The first-order chi connectivity index (χ1) is 10.7. The normalized spacial score (nSPS) is 20.7. The van der Waals surface area contributed by atoms with Gasteiger partial charge in [-0.3, -0.25) is 0 Å². The first kappa shape index (κ1) is 18.5. The molecule has 0 amide bonds. The van der Waals surface area contributed by atoms with Crippen molar-refractivity contribution in [2.45, 2.75) is 23.9 Å². The van der Waals surface area contributed by atoms with Gasteiger partial charge < -0.3 is 5.32 Å². The molecule has 1 heterocycles. The Morgan fingerprint density at radius 1 is 1.39 bits per heavy atom. The fourth-order valence-corrected chi connectivity index (χ4v) is 4.80. The van der Waals surface area contributed by atoms with E-state index in [1.807, 2.05) is 0 Å². The van der Waals surface area contributed by atoms with E-state index in [1.165, 1.54) is 4.31 Å². The van der Waals surface area contributed by atoms with Crippen molar-refractivity contribution in [3.63, 3.8) is 0 Å². The second-order valence-electron chi connectivity index (χ2n) is 5.57. The molecule has 1 N–H and O–H groups in total. The van der Waals surface area contributed by atoms with E-state index in [0.29, 0.717) is 32.1 Å². The van der Waals surface area contributed by atoms with Gasteiger partial charge in [0.2, 0.25) is 10.0 Å². The molecule has 1 aromatic carbocycles. The Hall–Kier alpha value is -0.830. The zero-order valence-electron chi connectivity index (χ0n) is 12.5. The molecule has 0 bridgehead atoms. The second-order valence-corrected chi connectivity index (χ2v) is 7.89. The van der Waals surface area contributed by atoms with E-state index in [9.17, 15) is 21.6 Å². The fraction of sp³-hybridized carbons (Fsp3) is 0.571. The van der Waals surface area contributed by atoms with E-state index in [4.69, 9.17) is 11.6 Å². The summed E-state index contributed by atoms with van der Waals surface area (Å²) in [6, 6.07) is 2.33. The number of nitrogens with zero attached hydrogens (tertiary/aromatic N) is 1. The van der Waals surface area contributed by atoms with Crippen molar-refractivity contribution >= 4 is 21.6 Å². The number of hydrogen-bond acceptors (Lipinski definition) is 3. The fourth-order valence-electron chi connectivity index (χ4n) is 2.73. The van der Waals surface area contributed by atoms with Gasteiger partial charge in [-0.05, 0) is 50.6 Å². The number of hydrogen-bond donors (Lipinski definition) is 1. The van der Waals surface area contributed by atoms with Crippen molar-refractivity contribution in [1.82, 2.24) is 9.62 Å². The highest BCUT2D eigenvalue weighted by atomic mass is 35.5. The van der Waals surface area contributed by atoms with Gasteiger partial charge in [0.15, 0.2) is 0 Å². The summed E-state index contributed by atoms with van der Waals surface area (Å²) in [5.74, 6) is 0.178. The van der Waals surface area contributed by atoms with E-state index < -0.39 is 26.8 Å². The molecule has 0 unspecified atom stereocenters. The smallest absolute Gasteiger partial charge is 0.319 e. The highest BCUT2D eigenvalue weighted by molar-refractivity contribution is 7.89. The Morgan fingerprint density at radius 2 is 2.09 bits per heavy atom. The van der Waals surface area contributed by atoms with Crippen molar-refractivity contribution in [3.8, 4) is 0 Å². The lowest BCUT2D eigenvalue weighted by Gasteiger charge is -2.32. The lowest BCUT2D eigenvalue weighted by molar-refractivity contribution is -0.137. The van der Waals surface area contributed by atoms with Gasteiger partial charge >= 0.3 is 6.18 Å². The molecule has 4 nitrogen and oxygen atoms in total. The third-order valence-corrected chi connectivity index (χ3v) is 6.20. The molecule has 0 aliphatic carbocycles. The molecule has 1 aromatic rings. The van der Waals surface area contributed by atoms with E-state index in [0.717, 1.165) is 18.6 Å². The van der Waals surface area contributed by atoms with Crippen LogP contribution in [0.1, 0.15) is 18.4 Å². The number of alkyl halides is 3. The molecule has 0 spiro atoms. The highest BCUT2D eigenvalue weighted by Gasteiger charge is 2.34. The Labute approximate surface area is 138 Å². The SMILES string of the molecule is CNC[C@H]1CCCN(S(=O)(=O)c2ccc(C(F)(F)F)cc2Cl)C1. The van der Waals surface area contributed by atoms with Crippen molar-refractivity contribution in [1.29, 1.82) is 0 Å². The van der Waals surface area contributed by atoms with Crippen LogP contribution in [0.2, 0.25) is 5.02 Å². The zero-order chi connectivity index (χ0) is 17.3. The third kappa shape index (κ3) is 4.17. The van der Waals surface area contributed by atoms with E-state index >= 15 is 0 Å². The molecule has 130 valence electrons. The summed E-state index contributed by atoms with van der Waals surface area (Å²) in [5, 5.41) is 2.61. The van der Waals surface area contributed by atoms with Gasteiger partial charge in [-0.25, -0.2) is 8.42 Å². The van der Waals surface area contributed by atoms with Gasteiger partial charge in [0.1, 0.15) is 4.90 Å². The third-order valence-electron chi connectivity index (χ3n) is 3.85. The molecule has 0 radical (unpaired) electrons. The Morgan fingerprint density at radius 3 is 2.65 bits per heavy atom. The molecular weight excluding hydrogens is 353 g/mol. The number of piperidine rings is 1. The minimum Gasteiger partial charge on any atom is -0.319 e. The zero-order valence-corrected chi connectivity index (χ0v) is 14.1. The number of benzene rings is 1. The maximum atomic E-state index is 12.7. The van der Waals surface area contributed by atoms with Crippen LogP contribution in [0.3, 0.4) is 0 Å². The minimum absolute atomic E-state index is 0.178. The van der Waals surface area contributed by atoms with E-state index in [1.54, 1.807) is 7.05 Å². The van der Waals surface area contributed by atoms with Crippen molar-refractivity contribution in [2.75, 3.05) is 26.7 Å². The molecular formula is C14H18ClF3N2O2S. The predicted molar refractivity (Wildman–Crippen MR) is 81.9 cm³/mol. The topological polar surface area (TPSA) is 49.4 Å². The molecule has 1 aliphatic rings. The van der Waals surface area contributed by atoms with Crippen LogP contribution in [0, 0.1) is 5.92 Å². The second kappa shape index (κ2) is 6.96. The monoisotopic (exact) mass is 370 g/mol. The lowest BCUT2D eigenvalue weighted by Crippen LogP contribution is -2.42. The van der Waals surface area contributed by atoms with Crippen molar-refractivity contribution < 1.29 is 21.6 Å².